The van der Waals surface area contributed by atoms with Crippen molar-refractivity contribution in [2.75, 3.05) is 32.7 Å². The molecule has 5 nitrogen and oxygen atoms in total. The quantitative estimate of drug-likeness (QED) is 0.440. The molecule has 0 fully saturated rings. The number of hydrogen-bond donors (Lipinski definition) is 1. The van der Waals surface area contributed by atoms with E-state index in [1.807, 2.05) is 12.1 Å². The summed E-state index contributed by atoms with van der Waals surface area (Å²) in [5, 5.41) is 4.14. The van der Waals surface area contributed by atoms with Gasteiger partial charge < -0.3 is 24.4 Å². The van der Waals surface area contributed by atoms with Crippen LogP contribution in [0.4, 0.5) is 5.69 Å². The molecule has 1 N–H and O–H groups in total. The number of fused-ring (bicyclic) bond motifs is 1. The van der Waals surface area contributed by atoms with Crippen molar-refractivity contribution in [3.8, 4) is 17.2 Å². The Labute approximate surface area is 207 Å². The molecule has 1 aliphatic rings. The van der Waals surface area contributed by atoms with E-state index in [2.05, 4.69) is 73.5 Å². The van der Waals surface area contributed by atoms with Crippen LogP contribution in [0.5, 0.6) is 17.2 Å². The summed E-state index contributed by atoms with van der Waals surface area (Å²) in [5.74, 6) is 2.31. The van der Waals surface area contributed by atoms with E-state index in [-0.39, 0.29) is 6.04 Å². The van der Waals surface area contributed by atoms with Gasteiger partial charge in [0, 0.05) is 12.2 Å². The molecule has 1 atom stereocenters. The molecule has 3 aromatic carbocycles. The fourth-order valence-corrected chi connectivity index (χ4v) is 4.87. The highest BCUT2D eigenvalue weighted by atomic mass is 32.1. The lowest BCUT2D eigenvalue weighted by molar-refractivity contribution is 0.190. The van der Waals surface area contributed by atoms with Crippen LogP contribution in [-0.4, -0.2) is 37.4 Å². The van der Waals surface area contributed by atoms with Gasteiger partial charge in [0.15, 0.2) is 16.6 Å². The molecule has 0 bridgehead atoms. The van der Waals surface area contributed by atoms with Crippen LogP contribution in [0.2, 0.25) is 0 Å². The number of para-hydroxylation sites is 1. The number of thiocarbonyl (C=S) groups is 1. The molecular weight excluding hydrogens is 444 g/mol. The molecule has 0 saturated heterocycles. The van der Waals surface area contributed by atoms with Gasteiger partial charge in [-0.1, -0.05) is 24.3 Å². The van der Waals surface area contributed by atoms with Crippen LogP contribution in [0.15, 0.2) is 54.6 Å². The highest BCUT2D eigenvalue weighted by Crippen LogP contribution is 2.39. The maximum absolute atomic E-state index is 6.35. The van der Waals surface area contributed by atoms with Crippen molar-refractivity contribution in [1.82, 2.24) is 4.90 Å². The molecule has 3 aromatic rings. The van der Waals surface area contributed by atoms with Gasteiger partial charge in [0.05, 0.1) is 20.3 Å². The number of benzene rings is 3. The molecule has 1 aliphatic heterocycles. The van der Waals surface area contributed by atoms with Crippen molar-refractivity contribution in [3.05, 3.63) is 82.4 Å². The summed E-state index contributed by atoms with van der Waals surface area (Å²) < 4.78 is 17.5. The first-order valence-electron chi connectivity index (χ1n) is 11.5. The zero-order valence-corrected chi connectivity index (χ0v) is 21.3. The maximum Gasteiger partial charge on any atom is 0.174 e. The fourth-order valence-electron chi connectivity index (χ4n) is 4.54. The van der Waals surface area contributed by atoms with Gasteiger partial charge in [-0.3, -0.25) is 0 Å². The molecule has 0 aliphatic carbocycles. The predicted molar refractivity (Wildman–Crippen MR) is 142 cm³/mol. The first-order valence-corrected chi connectivity index (χ1v) is 11.9. The van der Waals surface area contributed by atoms with Gasteiger partial charge in [0.1, 0.15) is 12.4 Å². The van der Waals surface area contributed by atoms with Gasteiger partial charge in [-0.25, -0.2) is 0 Å². The van der Waals surface area contributed by atoms with Crippen molar-refractivity contribution in [2.45, 2.75) is 33.2 Å². The maximum atomic E-state index is 6.35. The van der Waals surface area contributed by atoms with E-state index in [0.29, 0.717) is 17.5 Å². The van der Waals surface area contributed by atoms with Crippen molar-refractivity contribution in [2.24, 2.45) is 0 Å². The Morgan fingerprint density at radius 1 is 0.971 bits per heavy atom. The third kappa shape index (κ3) is 5.12. The molecule has 0 amide bonds. The van der Waals surface area contributed by atoms with Gasteiger partial charge in [0.2, 0.25) is 0 Å². The number of hydrogen-bond acceptors (Lipinski definition) is 4. The van der Waals surface area contributed by atoms with Gasteiger partial charge >= 0.3 is 0 Å². The molecule has 4 rings (SSSR count). The lowest BCUT2D eigenvalue weighted by atomic mass is 9.92. The van der Waals surface area contributed by atoms with E-state index in [1.165, 1.54) is 16.7 Å². The van der Waals surface area contributed by atoms with Gasteiger partial charge in [-0.2, -0.15) is 0 Å². The molecule has 0 radical (unpaired) electrons. The van der Waals surface area contributed by atoms with Crippen LogP contribution in [-0.2, 0) is 6.42 Å². The summed E-state index contributed by atoms with van der Waals surface area (Å²) in [5.41, 5.74) is 6.89. The average molecular weight is 477 g/mol. The Kier molecular flexibility index (Phi) is 7.27. The van der Waals surface area contributed by atoms with E-state index in [0.717, 1.165) is 41.3 Å². The summed E-state index contributed by atoms with van der Waals surface area (Å²) in [6.45, 7) is 7.48. The minimum absolute atomic E-state index is 0.0756. The standard InChI is InChI=1S/C28H32N2O3S/c1-18-12-19(2)14-22(13-18)33-17-25-23-16-27(32-5)26(31-4)15-21(23)10-11-30(25)28(34)29-24-9-7-6-8-20(24)3/h6-9,12-16,25H,10-11,17H2,1-5H3,(H,29,34). The lowest BCUT2D eigenvalue weighted by Gasteiger charge is -2.39. The topological polar surface area (TPSA) is 43.0 Å². The Balaban J connectivity index is 1.67. The number of nitrogens with one attached hydrogen (secondary N) is 1. The third-order valence-electron chi connectivity index (χ3n) is 6.25. The number of aryl methyl sites for hydroxylation is 3. The fraction of sp³-hybridized carbons (Fsp3) is 0.321. The largest absolute Gasteiger partial charge is 0.493 e. The molecule has 0 spiro atoms. The second kappa shape index (κ2) is 10.3. The second-order valence-electron chi connectivity index (χ2n) is 8.74. The van der Waals surface area contributed by atoms with Gasteiger partial charge in [0.25, 0.3) is 0 Å². The SMILES string of the molecule is COc1cc2c(cc1OC)C(COc1cc(C)cc(C)c1)N(C(=S)Nc1ccccc1C)CC2. The summed E-state index contributed by atoms with van der Waals surface area (Å²) in [6.07, 6.45) is 0.853. The van der Waals surface area contributed by atoms with Crippen molar-refractivity contribution >= 4 is 23.0 Å². The Morgan fingerprint density at radius 2 is 1.65 bits per heavy atom. The molecule has 1 unspecified atom stereocenters. The number of anilines is 1. The minimum atomic E-state index is -0.0756. The summed E-state index contributed by atoms with van der Waals surface area (Å²) in [4.78, 5) is 2.22. The van der Waals surface area contributed by atoms with Crippen LogP contribution in [0.1, 0.15) is 33.9 Å². The van der Waals surface area contributed by atoms with E-state index >= 15 is 0 Å². The Hall–Kier alpha value is -3.25. The Bertz CT molecular complexity index is 1170. The highest BCUT2D eigenvalue weighted by Gasteiger charge is 2.31. The molecule has 178 valence electrons. The zero-order chi connectivity index (χ0) is 24.2. The van der Waals surface area contributed by atoms with E-state index in [9.17, 15) is 0 Å². The number of rotatable bonds is 6. The predicted octanol–water partition coefficient (Wildman–Crippen LogP) is 6.00. The smallest absolute Gasteiger partial charge is 0.174 e. The van der Waals surface area contributed by atoms with Crippen LogP contribution in [0.25, 0.3) is 0 Å². The molecule has 1 heterocycles. The third-order valence-corrected chi connectivity index (χ3v) is 6.59. The van der Waals surface area contributed by atoms with Crippen molar-refractivity contribution in [3.63, 3.8) is 0 Å². The number of ether oxygens (including phenoxy) is 3. The van der Waals surface area contributed by atoms with E-state index < -0.39 is 0 Å². The lowest BCUT2D eigenvalue weighted by Crippen LogP contribution is -2.44. The van der Waals surface area contributed by atoms with Crippen molar-refractivity contribution in [1.29, 1.82) is 0 Å². The Morgan fingerprint density at radius 3 is 2.32 bits per heavy atom. The number of methoxy groups -OCH3 is 2. The average Bonchev–Trinajstić information content (AvgIpc) is 2.82. The first kappa shape index (κ1) is 23.9. The van der Waals surface area contributed by atoms with Crippen LogP contribution < -0.4 is 19.5 Å². The highest BCUT2D eigenvalue weighted by molar-refractivity contribution is 7.80. The monoisotopic (exact) mass is 476 g/mol. The first-order chi connectivity index (χ1) is 16.4. The summed E-state index contributed by atoms with van der Waals surface area (Å²) in [7, 11) is 3.33. The second-order valence-corrected chi connectivity index (χ2v) is 9.13. The summed E-state index contributed by atoms with van der Waals surface area (Å²) >= 11 is 5.91. The van der Waals surface area contributed by atoms with Crippen LogP contribution in [0.3, 0.4) is 0 Å². The van der Waals surface area contributed by atoms with Gasteiger partial charge in [-0.15, -0.1) is 0 Å². The van der Waals surface area contributed by atoms with E-state index in [4.69, 9.17) is 26.4 Å². The van der Waals surface area contributed by atoms with Crippen LogP contribution >= 0.6 is 12.2 Å². The van der Waals surface area contributed by atoms with Crippen molar-refractivity contribution < 1.29 is 14.2 Å². The van der Waals surface area contributed by atoms with E-state index in [1.54, 1.807) is 14.2 Å². The van der Waals surface area contributed by atoms with Crippen LogP contribution in [0, 0.1) is 20.8 Å². The zero-order valence-electron chi connectivity index (χ0n) is 20.5. The molecule has 34 heavy (non-hydrogen) atoms. The molecule has 6 heteroatoms. The normalized spacial score (nSPS) is 14.9. The molecular formula is C28H32N2O3S. The number of nitrogens with zero attached hydrogens (tertiary/aromatic N) is 1. The minimum Gasteiger partial charge on any atom is -0.493 e. The summed E-state index contributed by atoms with van der Waals surface area (Å²) in [6, 6.07) is 18.5. The molecule has 0 saturated carbocycles. The molecule has 0 aromatic heterocycles. The van der Waals surface area contributed by atoms with Gasteiger partial charge in [-0.05, 0) is 97.6 Å².